The summed E-state index contributed by atoms with van der Waals surface area (Å²) in [5.74, 6) is -0.168. The SMILES string of the molecule is CCCC(C)NC(=O)c1cccc(Cl)n1. The molecule has 0 bridgehead atoms. The minimum Gasteiger partial charge on any atom is -0.348 e. The highest BCUT2D eigenvalue weighted by atomic mass is 35.5. The number of aromatic nitrogens is 1. The van der Waals surface area contributed by atoms with Crippen molar-refractivity contribution >= 4 is 17.5 Å². The van der Waals surface area contributed by atoms with Gasteiger partial charge in [-0.1, -0.05) is 31.0 Å². The van der Waals surface area contributed by atoms with Gasteiger partial charge in [0, 0.05) is 6.04 Å². The van der Waals surface area contributed by atoms with Gasteiger partial charge in [0.15, 0.2) is 0 Å². The fourth-order valence-electron chi connectivity index (χ4n) is 1.34. The Balaban J connectivity index is 2.61. The number of rotatable bonds is 4. The second-order valence-electron chi connectivity index (χ2n) is 3.51. The Morgan fingerprint density at radius 3 is 2.93 bits per heavy atom. The summed E-state index contributed by atoms with van der Waals surface area (Å²) >= 11 is 5.70. The maximum Gasteiger partial charge on any atom is 0.270 e. The van der Waals surface area contributed by atoms with Crippen molar-refractivity contribution in [3.63, 3.8) is 0 Å². The highest BCUT2D eigenvalue weighted by Gasteiger charge is 2.10. The lowest BCUT2D eigenvalue weighted by atomic mass is 10.2. The van der Waals surface area contributed by atoms with Crippen LogP contribution in [0.3, 0.4) is 0 Å². The largest absolute Gasteiger partial charge is 0.348 e. The lowest BCUT2D eigenvalue weighted by Gasteiger charge is -2.11. The normalized spacial score (nSPS) is 12.2. The van der Waals surface area contributed by atoms with Crippen LogP contribution in [-0.4, -0.2) is 16.9 Å². The van der Waals surface area contributed by atoms with Crippen molar-refractivity contribution in [1.29, 1.82) is 0 Å². The van der Waals surface area contributed by atoms with Gasteiger partial charge in [-0.15, -0.1) is 0 Å². The molecule has 82 valence electrons. The minimum absolute atomic E-state index is 0.168. The van der Waals surface area contributed by atoms with Crippen LogP contribution in [0.2, 0.25) is 5.15 Å². The third-order valence-electron chi connectivity index (χ3n) is 2.05. The van der Waals surface area contributed by atoms with Crippen LogP contribution >= 0.6 is 11.6 Å². The summed E-state index contributed by atoms with van der Waals surface area (Å²) < 4.78 is 0. The lowest BCUT2D eigenvalue weighted by molar-refractivity contribution is 0.0933. The first-order valence-corrected chi connectivity index (χ1v) is 5.44. The van der Waals surface area contributed by atoms with Crippen LogP contribution < -0.4 is 5.32 Å². The zero-order valence-corrected chi connectivity index (χ0v) is 9.71. The third kappa shape index (κ3) is 3.88. The van der Waals surface area contributed by atoms with Crippen molar-refractivity contribution in [2.24, 2.45) is 0 Å². The summed E-state index contributed by atoms with van der Waals surface area (Å²) in [5.41, 5.74) is 0.366. The molecule has 0 aliphatic rings. The maximum absolute atomic E-state index is 11.6. The van der Waals surface area contributed by atoms with E-state index >= 15 is 0 Å². The molecule has 1 unspecified atom stereocenters. The van der Waals surface area contributed by atoms with E-state index in [9.17, 15) is 4.79 Å². The van der Waals surface area contributed by atoms with Gasteiger partial charge in [0.05, 0.1) is 0 Å². The zero-order chi connectivity index (χ0) is 11.3. The Bertz CT molecular complexity index is 341. The van der Waals surface area contributed by atoms with E-state index in [1.54, 1.807) is 18.2 Å². The number of pyridine rings is 1. The summed E-state index contributed by atoms with van der Waals surface area (Å²) in [6, 6.07) is 5.19. The first kappa shape index (κ1) is 12.0. The van der Waals surface area contributed by atoms with Crippen molar-refractivity contribution in [2.75, 3.05) is 0 Å². The van der Waals surface area contributed by atoms with Crippen LogP contribution in [0.25, 0.3) is 0 Å². The van der Waals surface area contributed by atoms with Crippen molar-refractivity contribution < 1.29 is 4.79 Å². The summed E-state index contributed by atoms with van der Waals surface area (Å²) in [4.78, 5) is 15.6. The van der Waals surface area contributed by atoms with Crippen LogP contribution in [-0.2, 0) is 0 Å². The van der Waals surface area contributed by atoms with Crippen LogP contribution in [0, 0.1) is 0 Å². The number of hydrogen-bond acceptors (Lipinski definition) is 2. The molecule has 1 atom stereocenters. The van der Waals surface area contributed by atoms with E-state index in [1.165, 1.54) is 0 Å². The molecule has 0 saturated carbocycles. The smallest absolute Gasteiger partial charge is 0.270 e. The van der Waals surface area contributed by atoms with Crippen molar-refractivity contribution in [2.45, 2.75) is 32.7 Å². The Morgan fingerprint density at radius 2 is 2.33 bits per heavy atom. The van der Waals surface area contributed by atoms with E-state index < -0.39 is 0 Å². The molecular formula is C11H15ClN2O. The quantitative estimate of drug-likeness (QED) is 0.802. The molecule has 0 aliphatic heterocycles. The Morgan fingerprint density at radius 1 is 1.60 bits per heavy atom. The van der Waals surface area contributed by atoms with Gasteiger partial charge in [0.2, 0.25) is 0 Å². The number of hydrogen-bond donors (Lipinski definition) is 1. The maximum atomic E-state index is 11.6. The van der Waals surface area contributed by atoms with Gasteiger partial charge in [-0.05, 0) is 25.5 Å². The van der Waals surface area contributed by atoms with Crippen molar-refractivity contribution in [3.8, 4) is 0 Å². The van der Waals surface area contributed by atoms with E-state index in [0.717, 1.165) is 12.8 Å². The standard InChI is InChI=1S/C11H15ClN2O/c1-3-5-8(2)13-11(15)9-6-4-7-10(12)14-9/h4,6-8H,3,5H2,1-2H3,(H,13,15). The Kier molecular flexibility index (Phi) is 4.56. The molecule has 1 amide bonds. The molecule has 0 saturated heterocycles. The van der Waals surface area contributed by atoms with Gasteiger partial charge in [0.1, 0.15) is 10.8 Å². The molecule has 3 nitrogen and oxygen atoms in total. The first-order valence-electron chi connectivity index (χ1n) is 5.07. The van der Waals surface area contributed by atoms with Gasteiger partial charge in [-0.3, -0.25) is 4.79 Å². The molecule has 15 heavy (non-hydrogen) atoms. The summed E-state index contributed by atoms with van der Waals surface area (Å²) in [6.45, 7) is 4.06. The predicted molar refractivity (Wildman–Crippen MR) is 61.1 cm³/mol. The number of halogens is 1. The van der Waals surface area contributed by atoms with E-state index in [0.29, 0.717) is 10.8 Å². The molecule has 0 aromatic carbocycles. The fourth-order valence-corrected chi connectivity index (χ4v) is 1.50. The van der Waals surface area contributed by atoms with Crippen LogP contribution in [0.1, 0.15) is 37.2 Å². The number of nitrogens with zero attached hydrogens (tertiary/aromatic N) is 1. The molecule has 0 aliphatic carbocycles. The summed E-state index contributed by atoms with van der Waals surface area (Å²) in [7, 11) is 0. The first-order chi connectivity index (χ1) is 7.13. The van der Waals surface area contributed by atoms with Gasteiger partial charge < -0.3 is 5.32 Å². The summed E-state index contributed by atoms with van der Waals surface area (Å²) in [6.07, 6.45) is 2.01. The van der Waals surface area contributed by atoms with Gasteiger partial charge >= 0.3 is 0 Å². The molecule has 4 heteroatoms. The molecular weight excluding hydrogens is 212 g/mol. The minimum atomic E-state index is -0.168. The zero-order valence-electron chi connectivity index (χ0n) is 8.96. The van der Waals surface area contributed by atoms with Crippen LogP contribution in [0.4, 0.5) is 0 Å². The molecule has 1 rings (SSSR count). The lowest BCUT2D eigenvalue weighted by Crippen LogP contribution is -2.32. The van der Waals surface area contributed by atoms with Gasteiger partial charge in [-0.25, -0.2) is 4.98 Å². The van der Waals surface area contributed by atoms with E-state index in [-0.39, 0.29) is 11.9 Å². The second-order valence-corrected chi connectivity index (χ2v) is 3.90. The van der Waals surface area contributed by atoms with Gasteiger partial charge in [-0.2, -0.15) is 0 Å². The Labute approximate surface area is 94.9 Å². The highest BCUT2D eigenvalue weighted by Crippen LogP contribution is 2.05. The number of amides is 1. The summed E-state index contributed by atoms with van der Waals surface area (Å²) in [5, 5.41) is 3.20. The molecule has 1 aromatic rings. The second kappa shape index (κ2) is 5.71. The molecule has 1 heterocycles. The highest BCUT2D eigenvalue weighted by molar-refractivity contribution is 6.29. The average Bonchev–Trinajstić information content (AvgIpc) is 2.18. The molecule has 0 fully saturated rings. The number of carbonyl (C=O) groups excluding carboxylic acids is 1. The number of nitrogens with one attached hydrogen (secondary N) is 1. The van der Waals surface area contributed by atoms with E-state index in [1.807, 2.05) is 6.92 Å². The topological polar surface area (TPSA) is 42.0 Å². The van der Waals surface area contributed by atoms with Crippen LogP contribution in [0.5, 0.6) is 0 Å². The van der Waals surface area contributed by atoms with Gasteiger partial charge in [0.25, 0.3) is 5.91 Å². The molecule has 1 aromatic heterocycles. The third-order valence-corrected chi connectivity index (χ3v) is 2.26. The Hall–Kier alpha value is -1.09. The van der Waals surface area contributed by atoms with E-state index in [4.69, 9.17) is 11.6 Å². The number of carbonyl (C=O) groups is 1. The van der Waals surface area contributed by atoms with Crippen LogP contribution in [0.15, 0.2) is 18.2 Å². The van der Waals surface area contributed by atoms with Crippen molar-refractivity contribution in [1.82, 2.24) is 10.3 Å². The molecule has 0 radical (unpaired) electrons. The predicted octanol–water partition coefficient (Wildman–Crippen LogP) is 2.65. The average molecular weight is 227 g/mol. The van der Waals surface area contributed by atoms with Crippen molar-refractivity contribution in [3.05, 3.63) is 29.0 Å². The molecule has 0 spiro atoms. The van der Waals surface area contributed by atoms with E-state index in [2.05, 4.69) is 17.2 Å². The molecule has 1 N–H and O–H groups in total. The monoisotopic (exact) mass is 226 g/mol. The fraction of sp³-hybridized carbons (Fsp3) is 0.455.